The fourth-order valence-electron chi connectivity index (χ4n) is 3.47. The predicted octanol–water partition coefficient (Wildman–Crippen LogP) is 3.95. The van der Waals surface area contributed by atoms with Crippen LogP contribution in [-0.4, -0.2) is 25.7 Å². The number of hydrogen-bond acceptors (Lipinski definition) is 7. The lowest BCUT2D eigenvalue weighted by Crippen LogP contribution is -2.11. The molecule has 0 aliphatic carbocycles. The molecule has 4 aromatic rings. The molecule has 8 heteroatoms. The Labute approximate surface area is 184 Å². The van der Waals surface area contributed by atoms with Crippen LogP contribution in [0, 0.1) is 19.7 Å². The second-order valence-corrected chi connectivity index (χ2v) is 7.48. The van der Waals surface area contributed by atoms with Gasteiger partial charge in [0.2, 0.25) is 0 Å². The van der Waals surface area contributed by atoms with Gasteiger partial charge < -0.3 is 11.5 Å². The standard InChI is InChI=1S/C24H21FN6O/c1-13-3-4-17(18(25)9-13)20-6-5-19(26)24(31-20)22(32)10-15-12-28-8-7-16(15)21-11-23(27)30-14(2)29-21/h3-9,11-12H,10,26H2,1-2H3,(H2,27,29,30). The zero-order valence-electron chi connectivity index (χ0n) is 17.6. The quantitative estimate of drug-likeness (QED) is 0.462. The van der Waals surface area contributed by atoms with Crippen LogP contribution in [-0.2, 0) is 6.42 Å². The first-order chi connectivity index (χ1) is 15.3. The molecule has 4 N–H and O–H groups in total. The SMILES string of the molecule is Cc1ccc(-c2ccc(N)c(C(=O)Cc3cnccc3-c3cc(N)nc(C)n3)n2)c(F)c1. The van der Waals surface area contributed by atoms with Crippen LogP contribution in [0.25, 0.3) is 22.5 Å². The summed E-state index contributed by atoms with van der Waals surface area (Å²) < 4.78 is 14.4. The van der Waals surface area contributed by atoms with Crippen molar-refractivity contribution in [2.45, 2.75) is 20.3 Å². The summed E-state index contributed by atoms with van der Waals surface area (Å²) in [6.07, 6.45) is 3.20. The molecule has 0 bridgehead atoms. The van der Waals surface area contributed by atoms with Gasteiger partial charge in [-0.05, 0) is 55.3 Å². The van der Waals surface area contributed by atoms with Gasteiger partial charge in [0.1, 0.15) is 23.2 Å². The van der Waals surface area contributed by atoms with Crippen LogP contribution in [0.1, 0.15) is 27.4 Å². The Kier molecular flexibility index (Phi) is 5.59. The van der Waals surface area contributed by atoms with E-state index in [1.54, 1.807) is 62.6 Å². The summed E-state index contributed by atoms with van der Waals surface area (Å²) in [5, 5.41) is 0. The minimum atomic E-state index is -0.410. The van der Waals surface area contributed by atoms with Gasteiger partial charge in [-0.25, -0.2) is 19.3 Å². The van der Waals surface area contributed by atoms with Crippen LogP contribution in [0.15, 0.2) is 54.9 Å². The third-order valence-corrected chi connectivity index (χ3v) is 4.98. The molecular formula is C24H21FN6O. The van der Waals surface area contributed by atoms with Gasteiger partial charge in [0.25, 0.3) is 0 Å². The highest BCUT2D eigenvalue weighted by Crippen LogP contribution is 2.27. The molecule has 3 aromatic heterocycles. The number of anilines is 2. The normalized spacial score (nSPS) is 10.8. The molecule has 0 aliphatic rings. The number of hydrogen-bond donors (Lipinski definition) is 2. The first-order valence-corrected chi connectivity index (χ1v) is 9.92. The van der Waals surface area contributed by atoms with Crippen molar-refractivity contribution >= 4 is 17.3 Å². The summed E-state index contributed by atoms with van der Waals surface area (Å²) in [6, 6.07) is 11.4. The van der Waals surface area contributed by atoms with Gasteiger partial charge in [0.15, 0.2) is 5.78 Å². The molecule has 0 atom stereocenters. The number of carbonyl (C=O) groups is 1. The zero-order chi connectivity index (χ0) is 22.8. The van der Waals surface area contributed by atoms with Gasteiger partial charge >= 0.3 is 0 Å². The van der Waals surface area contributed by atoms with E-state index in [4.69, 9.17) is 11.5 Å². The molecule has 0 unspecified atom stereocenters. The van der Waals surface area contributed by atoms with E-state index < -0.39 is 5.82 Å². The fourth-order valence-corrected chi connectivity index (χ4v) is 3.47. The molecule has 0 saturated carbocycles. The van der Waals surface area contributed by atoms with E-state index in [0.717, 1.165) is 5.56 Å². The zero-order valence-corrected chi connectivity index (χ0v) is 17.6. The number of aromatic nitrogens is 4. The lowest BCUT2D eigenvalue weighted by Gasteiger charge is -2.11. The molecule has 4 rings (SSSR count). The number of ketones is 1. The number of nitrogens with zero attached hydrogens (tertiary/aromatic N) is 4. The Morgan fingerprint density at radius 2 is 1.75 bits per heavy atom. The number of nitrogen functional groups attached to an aromatic ring is 2. The molecular weight excluding hydrogens is 407 g/mol. The Hall–Kier alpha value is -4.20. The number of benzene rings is 1. The van der Waals surface area contributed by atoms with Crippen LogP contribution in [0.2, 0.25) is 0 Å². The molecule has 0 aliphatic heterocycles. The highest BCUT2D eigenvalue weighted by molar-refractivity contribution is 6.01. The lowest BCUT2D eigenvalue weighted by molar-refractivity contribution is 0.0989. The highest BCUT2D eigenvalue weighted by atomic mass is 19.1. The minimum absolute atomic E-state index is 0.0108. The Bertz CT molecular complexity index is 1320. The van der Waals surface area contributed by atoms with E-state index in [9.17, 15) is 9.18 Å². The van der Waals surface area contributed by atoms with Crippen molar-refractivity contribution in [3.63, 3.8) is 0 Å². The molecule has 160 valence electrons. The van der Waals surface area contributed by atoms with Crippen molar-refractivity contribution in [3.05, 3.63) is 83.3 Å². The minimum Gasteiger partial charge on any atom is -0.397 e. The number of nitrogens with two attached hydrogens (primary N) is 2. The van der Waals surface area contributed by atoms with Crippen LogP contribution < -0.4 is 11.5 Å². The van der Waals surface area contributed by atoms with Crippen molar-refractivity contribution in [2.75, 3.05) is 11.5 Å². The van der Waals surface area contributed by atoms with Gasteiger partial charge in [0, 0.05) is 36.0 Å². The highest BCUT2D eigenvalue weighted by Gasteiger charge is 2.18. The molecule has 0 saturated heterocycles. The van der Waals surface area contributed by atoms with Crippen molar-refractivity contribution in [1.29, 1.82) is 0 Å². The molecule has 0 spiro atoms. The molecule has 3 heterocycles. The second kappa shape index (κ2) is 8.50. The molecule has 0 fully saturated rings. The smallest absolute Gasteiger partial charge is 0.187 e. The summed E-state index contributed by atoms with van der Waals surface area (Å²) in [6.45, 7) is 3.54. The monoisotopic (exact) mass is 428 g/mol. The van der Waals surface area contributed by atoms with Crippen molar-refractivity contribution in [2.24, 2.45) is 0 Å². The molecule has 1 aromatic carbocycles. The third-order valence-electron chi connectivity index (χ3n) is 4.98. The number of rotatable bonds is 5. The van der Waals surface area contributed by atoms with Crippen molar-refractivity contribution in [3.8, 4) is 22.5 Å². The third kappa shape index (κ3) is 4.29. The Morgan fingerprint density at radius 1 is 0.938 bits per heavy atom. The van der Waals surface area contributed by atoms with Gasteiger partial charge in [-0.3, -0.25) is 9.78 Å². The maximum atomic E-state index is 14.4. The number of aryl methyl sites for hydroxylation is 2. The van der Waals surface area contributed by atoms with Crippen LogP contribution >= 0.6 is 0 Å². The van der Waals surface area contributed by atoms with E-state index in [1.807, 2.05) is 0 Å². The van der Waals surface area contributed by atoms with Crippen LogP contribution in [0.5, 0.6) is 0 Å². The number of halogens is 1. The van der Waals surface area contributed by atoms with Crippen molar-refractivity contribution in [1.82, 2.24) is 19.9 Å². The van der Waals surface area contributed by atoms with E-state index in [2.05, 4.69) is 19.9 Å². The molecule has 7 nitrogen and oxygen atoms in total. The molecule has 0 radical (unpaired) electrons. The van der Waals surface area contributed by atoms with Gasteiger partial charge in [-0.1, -0.05) is 6.07 Å². The van der Waals surface area contributed by atoms with Crippen LogP contribution in [0.3, 0.4) is 0 Å². The molecule has 32 heavy (non-hydrogen) atoms. The largest absolute Gasteiger partial charge is 0.397 e. The Balaban J connectivity index is 1.70. The lowest BCUT2D eigenvalue weighted by atomic mass is 9.99. The fraction of sp³-hybridized carbons (Fsp3) is 0.125. The van der Waals surface area contributed by atoms with E-state index in [1.165, 1.54) is 6.07 Å². The second-order valence-electron chi connectivity index (χ2n) is 7.48. The van der Waals surface area contributed by atoms with Crippen LogP contribution in [0.4, 0.5) is 15.9 Å². The molecule has 0 amide bonds. The van der Waals surface area contributed by atoms with E-state index in [0.29, 0.717) is 39.7 Å². The Morgan fingerprint density at radius 3 is 2.50 bits per heavy atom. The summed E-state index contributed by atoms with van der Waals surface area (Å²) in [5.74, 6) is 0.130. The first kappa shape index (κ1) is 21.0. The summed E-state index contributed by atoms with van der Waals surface area (Å²) in [5.41, 5.74) is 15.6. The predicted molar refractivity (Wildman–Crippen MR) is 121 cm³/mol. The average molecular weight is 428 g/mol. The van der Waals surface area contributed by atoms with Gasteiger partial charge in [0.05, 0.1) is 17.1 Å². The topological polar surface area (TPSA) is 121 Å². The average Bonchev–Trinajstić information content (AvgIpc) is 2.74. The van der Waals surface area contributed by atoms with Gasteiger partial charge in [-0.2, -0.15) is 0 Å². The summed E-state index contributed by atoms with van der Waals surface area (Å²) in [7, 11) is 0. The maximum Gasteiger partial charge on any atom is 0.187 e. The summed E-state index contributed by atoms with van der Waals surface area (Å²) in [4.78, 5) is 30.2. The van der Waals surface area contributed by atoms with E-state index in [-0.39, 0.29) is 23.6 Å². The maximum absolute atomic E-state index is 14.4. The number of Topliss-reactive ketones (excluding diaryl/α,β-unsaturated/α-hetero) is 1. The number of carbonyl (C=O) groups excluding carboxylic acids is 1. The van der Waals surface area contributed by atoms with Gasteiger partial charge in [-0.15, -0.1) is 0 Å². The van der Waals surface area contributed by atoms with Crippen molar-refractivity contribution < 1.29 is 9.18 Å². The first-order valence-electron chi connectivity index (χ1n) is 9.92. The summed E-state index contributed by atoms with van der Waals surface area (Å²) >= 11 is 0. The number of pyridine rings is 2. The van der Waals surface area contributed by atoms with E-state index >= 15 is 0 Å².